The van der Waals surface area contributed by atoms with Crippen molar-refractivity contribution >= 4 is 26.8 Å². The second kappa shape index (κ2) is 4.23. The highest BCUT2D eigenvalue weighted by Gasteiger charge is 2.08. The van der Waals surface area contributed by atoms with Crippen LogP contribution in [0.2, 0.25) is 0 Å². The average molecular weight is 275 g/mol. The smallest absolute Gasteiger partial charge is 0.0999 e. The highest BCUT2D eigenvalue weighted by Crippen LogP contribution is 2.24. The quantitative estimate of drug-likeness (QED) is 0.788. The molecule has 0 bridgehead atoms. The van der Waals surface area contributed by atoms with Crippen molar-refractivity contribution in [2.24, 2.45) is 0 Å². The average Bonchev–Trinajstić information content (AvgIpc) is 2.27. The minimum absolute atomic E-state index is 0.333. The highest BCUT2D eigenvalue weighted by atomic mass is 79.9. The van der Waals surface area contributed by atoms with Crippen molar-refractivity contribution in [3.8, 4) is 6.07 Å². The zero-order valence-corrected chi connectivity index (χ0v) is 10.7. The van der Waals surface area contributed by atoms with E-state index >= 15 is 0 Å². The van der Waals surface area contributed by atoms with Crippen LogP contribution < -0.4 is 0 Å². The fourth-order valence-corrected chi connectivity index (χ4v) is 1.97. The number of hydrogen-bond donors (Lipinski definition) is 0. The molecule has 3 heteroatoms. The first-order chi connectivity index (χ1) is 7.61. The molecule has 2 rings (SSSR count). The van der Waals surface area contributed by atoms with E-state index < -0.39 is 0 Å². The molecule has 16 heavy (non-hydrogen) atoms. The summed E-state index contributed by atoms with van der Waals surface area (Å²) < 4.78 is 0.968. The molecule has 2 aromatic rings. The summed E-state index contributed by atoms with van der Waals surface area (Å²) in [5, 5.41) is 10.0. The van der Waals surface area contributed by atoms with Gasteiger partial charge in [0.25, 0.3) is 0 Å². The minimum Gasteiger partial charge on any atom is -0.252 e. The molecule has 0 radical (unpaired) electrons. The summed E-state index contributed by atoms with van der Waals surface area (Å²) in [6.07, 6.45) is 0. The topological polar surface area (TPSA) is 36.7 Å². The van der Waals surface area contributed by atoms with Crippen LogP contribution in [-0.2, 0) is 0 Å². The van der Waals surface area contributed by atoms with Gasteiger partial charge in [-0.25, -0.2) is 0 Å². The van der Waals surface area contributed by atoms with Crippen LogP contribution in [0, 0.1) is 11.3 Å². The molecule has 0 saturated heterocycles. The maximum atomic E-state index is 9.14. The zero-order chi connectivity index (χ0) is 11.7. The van der Waals surface area contributed by atoms with Gasteiger partial charge in [0.1, 0.15) is 0 Å². The molecule has 0 amide bonds. The molecule has 0 N–H and O–H groups in total. The molecule has 0 aliphatic rings. The fraction of sp³-hybridized carbons (Fsp3) is 0.231. The highest BCUT2D eigenvalue weighted by molar-refractivity contribution is 9.10. The Morgan fingerprint density at radius 3 is 2.69 bits per heavy atom. The van der Waals surface area contributed by atoms with Gasteiger partial charge in [-0.15, -0.1) is 0 Å². The van der Waals surface area contributed by atoms with Gasteiger partial charge in [-0.2, -0.15) is 5.26 Å². The number of hydrogen-bond acceptors (Lipinski definition) is 2. The third kappa shape index (κ3) is 1.94. The van der Waals surface area contributed by atoms with Gasteiger partial charge in [-0.1, -0.05) is 29.8 Å². The summed E-state index contributed by atoms with van der Waals surface area (Å²) in [5.41, 5.74) is 2.53. The van der Waals surface area contributed by atoms with Crippen molar-refractivity contribution in [1.82, 2.24) is 4.98 Å². The lowest BCUT2D eigenvalue weighted by molar-refractivity contribution is 0.829. The number of nitrogens with zero attached hydrogens (tertiary/aromatic N) is 2. The molecule has 0 aliphatic heterocycles. The molecule has 0 fully saturated rings. The van der Waals surface area contributed by atoms with E-state index in [4.69, 9.17) is 5.26 Å². The normalized spacial score (nSPS) is 10.7. The Balaban J connectivity index is 2.80. The van der Waals surface area contributed by atoms with E-state index in [0.29, 0.717) is 11.5 Å². The van der Waals surface area contributed by atoms with Crippen molar-refractivity contribution in [2.45, 2.75) is 19.8 Å². The largest absolute Gasteiger partial charge is 0.252 e. The van der Waals surface area contributed by atoms with Crippen LogP contribution in [0.15, 0.2) is 28.7 Å². The fourth-order valence-electron chi connectivity index (χ4n) is 1.61. The van der Waals surface area contributed by atoms with E-state index in [-0.39, 0.29) is 0 Å². The lowest BCUT2D eigenvalue weighted by Crippen LogP contribution is -1.95. The van der Waals surface area contributed by atoms with Crippen LogP contribution in [0.4, 0.5) is 0 Å². The number of rotatable bonds is 1. The van der Waals surface area contributed by atoms with Gasteiger partial charge in [-0.05, 0) is 30.2 Å². The van der Waals surface area contributed by atoms with Crippen LogP contribution in [0.1, 0.15) is 31.0 Å². The van der Waals surface area contributed by atoms with Crippen LogP contribution in [0.25, 0.3) is 10.9 Å². The van der Waals surface area contributed by atoms with Crippen LogP contribution in [0.3, 0.4) is 0 Å². The first-order valence-electron chi connectivity index (χ1n) is 5.12. The van der Waals surface area contributed by atoms with E-state index in [1.165, 1.54) is 0 Å². The lowest BCUT2D eigenvalue weighted by Gasteiger charge is -2.07. The van der Waals surface area contributed by atoms with Crippen molar-refractivity contribution in [2.75, 3.05) is 0 Å². The molecular formula is C13H11BrN2. The summed E-state index contributed by atoms with van der Waals surface area (Å²) in [6, 6.07) is 9.92. The Hall–Kier alpha value is -1.40. The predicted octanol–water partition coefficient (Wildman–Crippen LogP) is 3.99. The van der Waals surface area contributed by atoms with Crippen LogP contribution in [-0.4, -0.2) is 4.98 Å². The van der Waals surface area contributed by atoms with Crippen molar-refractivity contribution in [3.05, 3.63) is 40.0 Å². The van der Waals surface area contributed by atoms with Crippen molar-refractivity contribution in [3.63, 3.8) is 0 Å². The molecule has 1 aromatic carbocycles. The lowest BCUT2D eigenvalue weighted by atomic mass is 10.0. The van der Waals surface area contributed by atoms with Crippen LogP contribution >= 0.6 is 15.9 Å². The Morgan fingerprint density at radius 1 is 1.31 bits per heavy atom. The second-order valence-corrected chi connectivity index (χ2v) is 4.94. The van der Waals surface area contributed by atoms with E-state index in [0.717, 1.165) is 21.1 Å². The monoisotopic (exact) mass is 274 g/mol. The number of halogens is 1. The van der Waals surface area contributed by atoms with Gasteiger partial charge in [0.2, 0.25) is 0 Å². The van der Waals surface area contributed by atoms with E-state index in [1.54, 1.807) is 0 Å². The first kappa shape index (κ1) is 11.1. The maximum Gasteiger partial charge on any atom is 0.0999 e. The molecule has 1 aromatic heterocycles. The molecule has 80 valence electrons. The van der Waals surface area contributed by atoms with E-state index in [1.807, 2.05) is 24.3 Å². The van der Waals surface area contributed by atoms with Gasteiger partial charge < -0.3 is 0 Å². The standard InChI is InChI=1S/C13H11BrN2/c1-8(2)13-5-9(7-15)11-6-10(14)3-4-12(11)16-13/h3-6,8H,1-2H3. The number of aromatic nitrogens is 1. The van der Waals surface area contributed by atoms with Crippen LogP contribution in [0.5, 0.6) is 0 Å². The minimum atomic E-state index is 0.333. The van der Waals surface area contributed by atoms with E-state index in [2.05, 4.69) is 40.8 Å². The van der Waals surface area contributed by atoms with Gasteiger partial charge in [0, 0.05) is 15.6 Å². The van der Waals surface area contributed by atoms with Crippen molar-refractivity contribution < 1.29 is 0 Å². The molecule has 0 saturated carbocycles. The molecule has 0 unspecified atom stereocenters. The van der Waals surface area contributed by atoms with Gasteiger partial charge >= 0.3 is 0 Å². The molecule has 0 aliphatic carbocycles. The third-order valence-electron chi connectivity index (χ3n) is 2.50. The molecule has 0 atom stereocenters. The summed E-state index contributed by atoms with van der Waals surface area (Å²) >= 11 is 3.41. The Labute approximate surface area is 103 Å². The number of nitriles is 1. The summed E-state index contributed by atoms with van der Waals surface area (Å²) in [6.45, 7) is 4.16. The molecule has 2 nitrogen and oxygen atoms in total. The number of benzene rings is 1. The molecular weight excluding hydrogens is 264 g/mol. The summed E-state index contributed by atoms with van der Waals surface area (Å²) in [4.78, 5) is 4.55. The number of fused-ring (bicyclic) bond motifs is 1. The SMILES string of the molecule is CC(C)c1cc(C#N)c2cc(Br)ccc2n1. The van der Waals surface area contributed by atoms with Crippen molar-refractivity contribution in [1.29, 1.82) is 5.26 Å². The van der Waals surface area contributed by atoms with Gasteiger partial charge in [0.05, 0.1) is 17.1 Å². The Bertz CT molecular complexity index is 582. The predicted molar refractivity (Wildman–Crippen MR) is 68.2 cm³/mol. The molecule has 0 spiro atoms. The Morgan fingerprint density at radius 2 is 2.06 bits per heavy atom. The third-order valence-corrected chi connectivity index (χ3v) is 3.00. The summed E-state index contributed by atoms with van der Waals surface area (Å²) in [5.74, 6) is 0.333. The number of pyridine rings is 1. The van der Waals surface area contributed by atoms with Gasteiger partial charge in [0.15, 0.2) is 0 Å². The maximum absolute atomic E-state index is 9.14. The molecule has 1 heterocycles. The second-order valence-electron chi connectivity index (χ2n) is 4.02. The first-order valence-corrected chi connectivity index (χ1v) is 5.91. The van der Waals surface area contributed by atoms with Gasteiger partial charge in [-0.3, -0.25) is 4.98 Å². The summed E-state index contributed by atoms with van der Waals surface area (Å²) in [7, 11) is 0. The zero-order valence-electron chi connectivity index (χ0n) is 9.16. The Kier molecular flexibility index (Phi) is 2.93. The van der Waals surface area contributed by atoms with E-state index in [9.17, 15) is 0 Å².